The van der Waals surface area contributed by atoms with Gasteiger partial charge in [0.05, 0.1) is 6.04 Å². The van der Waals surface area contributed by atoms with Gasteiger partial charge in [0.2, 0.25) is 23.4 Å². The van der Waals surface area contributed by atoms with Gasteiger partial charge in [-0.2, -0.15) is 4.98 Å². The summed E-state index contributed by atoms with van der Waals surface area (Å²) in [6, 6.07) is 10.3. The van der Waals surface area contributed by atoms with Crippen LogP contribution in [0.5, 0.6) is 0 Å². The second kappa shape index (κ2) is 8.91. The van der Waals surface area contributed by atoms with E-state index in [1.807, 2.05) is 4.90 Å². The molecule has 3 heterocycles. The summed E-state index contributed by atoms with van der Waals surface area (Å²) in [6.07, 6.45) is 4.97. The lowest BCUT2D eigenvalue weighted by molar-refractivity contribution is -0.134. The van der Waals surface area contributed by atoms with Crippen LogP contribution in [0.4, 0.5) is 0 Å². The number of carbonyl (C=O) groups excluding carboxylic acids is 1. The number of piperazine rings is 1. The summed E-state index contributed by atoms with van der Waals surface area (Å²) in [7, 11) is 0. The van der Waals surface area contributed by atoms with E-state index in [0.717, 1.165) is 25.1 Å². The molecule has 4 rings (SSSR count). The molecule has 0 aliphatic carbocycles. The average molecular weight is 392 g/mol. The van der Waals surface area contributed by atoms with Gasteiger partial charge in [-0.3, -0.25) is 4.79 Å². The Kier molecular flexibility index (Phi) is 5.90. The number of aromatic nitrogens is 4. The second-order valence-electron chi connectivity index (χ2n) is 6.99. The number of nitrogens with one attached hydrogen (secondary N) is 1. The molecule has 0 radical (unpaired) electrons. The standard InChI is InChI=1S/C21H24N6O2/c1-2-15-4-6-16(7-5-15)17-14-22-12-13-27(17)19(28)9-8-18-25-21(26-29-18)20-23-10-3-11-24-20/h3-7,10-11,17,22H,2,8-9,12-14H2,1H3. The molecule has 29 heavy (non-hydrogen) atoms. The Hall–Kier alpha value is -3.13. The monoisotopic (exact) mass is 392 g/mol. The topological polar surface area (TPSA) is 97.0 Å². The van der Waals surface area contributed by atoms with Crippen LogP contribution >= 0.6 is 0 Å². The highest BCUT2D eigenvalue weighted by atomic mass is 16.5. The lowest BCUT2D eigenvalue weighted by Gasteiger charge is -2.36. The minimum Gasteiger partial charge on any atom is -0.339 e. The number of rotatable bonds is 6. The molecule has 1 N–H and O–H groups in total. The van der Waals surface area contributed by atoms with Crippen LogP contribution in [-0.2, 0) is 17.6 Å². The van der Waals surface area contributed by atoms with Crippen molar-refractivity contribution in [3.05, 3.63) is 59.7 Å². The Balaban J connectivity index is 1.40. The molecule has 1 atom stereocenters. The molecular formula is C21H24N6O2. The Morgan fingerprint density at radius 2 is 2.00 bits per heavy atom. The van der Waals surface area contributed by atoms with Crippen LogP contribution in [0.2, 0.25) is 0 Å². The van der Waals surface area contributed by atoms with Gasteiger partial charge in [0.25, 0.3) is 0 Å². The summed E-state index contributed by atoms with van der Waals surface area (Å²) in [6.45, 7) is 4.38. The molecule has 0 spiro atoms. The van der Waals surface area contributed by atoms with Crippen molar-refractivity contribution in [2.24, 2.45) is 0 Å². The van der Waals surface area contributed by atoms with Crippen molar-refractivity contribution in [1.82, 2.24) is 30.3 Å². The van der Waals surface area contributed by atoms with Crippen molar-refractivity contribution in [1.29, 1.82) is 0 Å². The molecule has 0 saturated carbocycles. The lowest BCUT2D eigenvalue weighted by Crippen LogP contribution is -2.48. The fourth-order valence-electron chi connectivity index (χ4n) is 3.50. The van der Waals surface area contributed by atoms with E-state index in [0.29, 0.717) is 36.9 Å². The van der Waals surface area contributed by atoms with E-state index in [2.05, 4.69) is 56.6 Å². The third-order valence-electron chi connectivity index (χ3n) is 5.12. The molecule has 1 unspecified atom stereocenters. The number of amides is 1. The minimum absolute atomic E-state index is 0.0399. The zero-order valence-corrected chi connectivity index (χ0v) is 16.4. The molecular weight excluding hydrogens is 368 g/mol. The third-order valence-corrected chi connectivity index (χ3v) is 5.12. The maximum atomic E-state index is 12.9. The van der Waals surface area contributed by atoms with Crippen molar-refractivity contribution in [2.45, 2.75) is 32.2 Å². The average Bonchev–Trinajstić information content (AvgIpc) is 3.27. The number of nitrogens with zero attached hydrogens (tertiary/aromatic N) is 5. The first-order chi connectivity index (χ1) is 14.2. The van der Waals surface area contributed by atoms with Crippen LogP contribution < -0.4 is 5.32 Å². The van der Waals surface area contributed by atoms with E-state index in [1.54, 1.807) is 18.5 Å². The van der Waals surface area contributed by atoms with Gasteiger partial charge in [-0.15, -0.1) is 0 Å². The number of hydrogen-bond acceptors (Lipinski definition) is 7. The van der Waals surface area contributed by atoms with E-state index < -0.39 is 0 Å². The summed E-state index contributed by atoms with van der Waals surface area (Å²) < 4.78 is 5.27. The zero-order chi connectivity index (χ0) is 20.1. The Morgan fingerprint density at radius 3 is 2.76 bits per heavy atom. The van der Waals surface area contributed by atoms with Gasteiger partial charge < -0.3 is 14.7 Å². The maximum absolute atomic E-state index is 12.9. The van der Waals surface area contributed by atoms with Crippen LogP contribution in [-0.4, -0.2) is 50.5 Å². The fraction of sp³-hybridized carbons (Fsp3) is 0.381. The molecule has 8 heteroatoms. The molecule has 3 aromatic rings. The van der Waals surface area contributed by atoms with Crippen molar-refractivity contribution in [3.63, 3.8) is 0 Å². The van der Waals surface area contributed by atoms with Crippen molar-refractivity contribution in [3.8, 4) is 11.6 Å². The van der Waals surface area contributed by atoms with E-state index >= 15 is 0 Å². The largest absolute Gasteiger partial charge is 0.339 e. The Morgan fingerprint density at radius 1 is 1.21 bits per heavy atom. The summed E-state index contributed by atoms with van der Waals surface area (Å²) in [5.41, 5.74) is 2.45. The van der Waals surface area contributed by atoms with Crippen molar-refractivity contribution in [2.75, 3.05) is 19.6 Å². The Bertz CT molecular complexity index is 941. The van der Waals surface area contributed by atoms with E-state index in [-0.39, 0.29) is 11.9 Å². The van der Waals surface area contributed by atoms with Gasteiger partial charge in [-0.25, -0.2) is 9.97 Å². The quantitative estimate of drug-likeness (QED) is 0.687. The number of carbonyl (C=O) groups is 1. The van der Waals surface area contributed by atoms with Gasteiger partial charge >= 0.3 is 0 Å². The maximum Gasteiger partial charge on any atom is 0.240 e. The van der Waals surface area contributed by atoms with Gasteiger partial charge in [0.15, 0.2) is 0 Å². The highest BCUT2D eigenvalue weighted by Crippen LogP contribution is 2.24. The summed E-state index contributed by atoms with van der Waals surface area (Å²) in [5.74, 6) is 1.25. The smallest absolute Gasteiger partial charge is 0.240 e. The van der Waals surface area contributed by atoms with Crippen molar-refractivity contribution >= 4 is 5.91 Å². The lowest BCUT2D eigenvalue weighted by atomic mass is 10.0. The normalized spacial score (nSPS) is 16.7. The van der Waals surface area contributed by atoms with Gasteiger partial charge in [-0.05, 0) is 23.6 Å². The van der Waals surface area contributed by atoms with Crippen LogP contribution in [0.3, 0.4) is 0 Å². The van der Waals surface area contributed by atoms with Crippen molar-refractivity contribution < 1.29 is 9.32 Å². The van der Waals surface area contributed by atoms with Crippen LogP contribution in [0.25, 0.3) is 11.6 Å². The second-order valence-corrected chi connectivity index (χ2v) is 6.99. The van der Waals surface area contributed by atoms with Gasteiger partial charge in [-0.1, -0.05) is 36.3 Å². The van der Waals surface area contributed by atoms with Crippen LogP contribution in [0.1, 0.15) is 36.4 Å². The molecule has 1 fully saturated rings. The fourth-order valence-corrected chi connectivity index (χ4v) is 3.50. The first-order valence-corrected chi connectivity index (χ1v) is 9.93. The van der Waals surface area contributed by atoms with E-state index in [1.165, 1.54) is 5.56 Å². The molecule has 1 amide bonds. The van der Waals surface area contributed by atoms with E-state index in [9.17, 15) is 4.79 Å². The molecule has 1 aliphatic rings. The number of benzene rings is 1. The SMILES string of the molecule is CCc1ccc(C2CNCCN2C(=O)CCc2nc(-c3ncccn3)no2)cc1. The summed E-state index contributed by atoms with van der Waals surface area (Å²) >= 11 is 0. The van der Waals surface area contributed by atoms with E-state index in [4.69, 9.17) is 4.52 Å². The van der Waals surface area contributed by atoms with Gasteiger partial charge in [0, 0.05) is 44.9 Å². The molecule has 1 aliphatic heterocycles. The molecule has 0 bridgehead atoms. The van der Waals surface area contributed by atoms with Crippen LogP contribution in [0, 0.1) is 0 Å². The summed E-state index contributed by atoms with van der Waals surface area (Å²) in [5, 5.41) is 7.30. The number of hydrogen-bond donors (Lipinski definition) is 1. The van der Waals surface area contributed by atoms with Gasteiger partial charge in [0.1, 0.15) is 0 Å². The minimum atomic E-state index is 0.0399. The molecule has 1 saturated heterocycles. The molecule has 150 valence electrons. The highest BCUT2D eigenvalue weighted by Gasteiger charge is 2.28. The predicted octanol–water partition coefficient (Wildman–Crippen LogP) is 2.19. The third kappa shape index (κ3) is 4.48. The summed E-state index contributed by atoms with van der Waals surface area (Å²) in [4.78, 5) is 27.4. The first-order valence-electron chi connectivity index (χ1n) is 9.93. The molecule has 8 nitrogen and oxygen atoms in total. The first kappa shape index (κ1) is 19.2. The van der Waals surface area contributed by atoms with Crippen LogP contribution in [0.15, 0.2) is 47.2 Å². The predicted molar refractivity (Wildman–Crippen MR) is 107 cm³/mol. The Labute approximate surface area is 169 Å². The highest BCUT2D eigenvalue weighted by molar-refractivity contribution is 5.77. The molecule has 2 aromatic heterocycles. The number of aryl methyl sites for hydroxylation is 2. The molecule has 1 aromatic carbocycles. The zero-order valence-electron chi connectivity index (χ0n) is 16.4.